The highest BCUT2D eigenvalue weighted by molar-refractivity contribution is 9.09. The van der Waals surface area contributed by atoms with Crippen LogP contribution in [0.25, 0.3) is 6.08 Å². The molecule has 0 bridgehead atoms. The summed E-state index contributed by atoms with van der Waals surface area (Å²) in [4.78, 5) is 3.28. The lowest BCUT2D eigenvalue weighted by Crippen LogP contribution is -2.50. The van der Waals surface area contributed by atoms with Crippen LogP contribution in [0.15, 0.2) is 71.9 Å². The maximum absolute atomic E-state index is 4.34. The highest BCUT2D eigenvalue weighted by atomic mass is 79.9. The normalized spacial score (nSPS) is 36.6. The molecule has 8 atom stereocenters. The number of fused-ring (bicyclic) bond motifs is 3. The fraction of sp³-hybridized carbons (Fsp3) is 0.484. The molecule has 0 N–H and O–H groups in total. The van der Waals surface area contributed by atoms with Gasteiger partial charge in [-0.05, 0) is 84.4 Å². The average molecular weight is 533 g/mol. The first-order valence-corrected chi connectivity index (χ1v) is 17.3. The van der Waals surface area contributed by atoms with E-state index in [0.29, 0.717) is 22.3 Å². The first kappa shape index (κ1) is 22.9. The van der Waals surface area contributed by atoms with Gasteiger partial charge in [-0.25, -0.2) is 0 Å². The van der Waals surface area contributed by atoms with Gasteiger partial charge in [-0.1, -0.05) is 90.6 Å². The molecule has 8 unspecified atom stereocenters. The molecule has 0 aromatic heterocycles. The Hall–Kier alpha value is -1.58. The van der Waals surface area contributed by atoms with Gasteiger partial charge in [-0.15, -0.1) is 0 Å². The van der Waals surface area contributed by atoms with Crippen LogP contribution < -0.4 is 4.90 Å². The van der Waals surface area contributed by atoms with E-state index in [1.165, 1.54) is 29.8 Å². The van der Waals surface area contributed by atoms with E-state index in [9.17, 15) is 0 Å². The number of benzene rings is 2. The number of alkyl halides is 1. The number of allylic oxidation sites excluding steroid dienone is 2. The molecule has 0 spiro atoms. The molecule has 0 amide bonds. The summed E-state index contributed by atoms with van der Waals surface area (Å²) in [5.41, 5.74) is 9.03. The zero-order chi connectivity index (χ0) is 23.8. The second kappa shape index (κ2) is 8.23. The van der Waals surface area contributed by atoms with Crippen LogP contribution in [0.4, 0.5) is 5.69 Å². The molecule has 2 fully saturated rings. The van der Waals surface area contributed by atoms with E-state index in [1.54, 1.807) is 11.1 Å². The first-order chi connectivity index (χ1) is 16.3. The smallest absolute Gasteiger partial charge is 0.0632 e. The van der Waals surface area contributed by atoms with Gasteiger partial charge in [-0.2, -0.15) is 0 Å². The molecule has 2 aromatic rings. The topological polar surface area (TPSA) is 3.24 Å². The van der Waals surface area contributed by atoms with Crippen LogP contribution in [-0.4, -0.2) is 18.9 Å². The van der Waals surface area contributed by atoms with Crippen molar-refractivity contribution in [3.8, 4) is 0 Å². The van der Waals surface area contributed by atoms with Crippen molar-refractivity contribution < 1.29 is 0 Å². The van der Waals surface area contributed by atoms with Crippen molar-refractivity contribution in [1.29, 1.82) is 0 Å². The molecule has 3 aliphatic carbocycles. The molecular weight excluding hydrogens is 494 g/mol. The van der Waals surface area contributed by atoms with Crippen molar-refractivity contribution in [2.45, 2.75) is 68.7 Å². The van der Waals surface area contributed by atoms with Gasteiger partial charge in [0.1, 0.15) is 0 Å². The third kappa shape index (κ3) is 3.22. The number of anilines is 1. The minimum atomic E-state index is -1.61. The molecule has 3 heteroatoms. The van der Waals surface area contributed by atoms with Crippen LogP contribution in [0.3, 0.4) is 0 Å². The van der Waals surface area contributed by atoms with Crippen molar-refractivity contribution in [2.75, 3.05) is 4.90 Å². The van der Waals surface area contributed by atoms with Gasteiger partial charge in [0.05, 0.1) is 8.07 Å². The van der Waals surface area contributed by atoms with Crippen LogP contribution in [0, 0.1) is 23.7 Å². The van der Waals surface area contributed by atoms with E-state index < -0.39 is 8.07 Å². The highest BCUT2D eigenvalue weighted by Crippen LogP contribution is 2.63. The number of hydrogen-bond acceptors (Lipinski definition) is 1. The largest absolute Gasteiger partial charge is 0.342 e. The summed E-state index contributed by atoms with van der Waals surface area (Å²) in [6, 6.07) is 20.9. The molecule has 1 nitrogen and oxygen atoms in total. The Kier molecular flexibility index (Phi) is 5.53. The van der Waals surface area contributed by atoms with E-state index in [0.717, 1.165) is 23.3 Å². The molecule has 4 aliphatic rings. The van der Waals surface area contributed by atoms with Gasteiger partial charge in [0, 0.05) is 28.2 Å². The first-order valence-electron chi connectivity index (χ1n) is 13.2. The summed E-state index contributed by atoms with van der Waals surface area (Å²) < 4.78 is 0. The number of halogens is 1. The zero-order valence-corrected chi connectivity index (χ0v) is 23.8. The Bertz CT molecular complexity index is 1150. The van der Waals surface area contributed by atoms with E-state index in [2.05, 4.69) is 121 Å². The molecule has 1 heterocycles. The number of hydrogen-bond donors (Lipinski definition) is 0. The third-order valence-corrected chi connectivity index (χ3v) is 16.3. The Morgan fingerprint density at radius 2 is 1.62 bits per heavy atom. The Morgan fingerprint density at radius 1 is 0.912 bits per heavy atom. The van der Waals surface area contributed by atoms with E-state index >= 15 is 0 Å². The van der Waals surface area contributed by atoms with Crippen molar-refractivity contribution >= 4 is 35.8 Å². The second-order valence-corrected chi connectivity index (χ2v) is 18.1. The molecule has 6 rings (SSSR count). The molecule has 0 saturated heterocycles. The fourth-order valence-corrected chi connectivity index (χ4v) is 15.4. The predicted molar refractivity (Wildman–Crippen MR) is 152 cm³/mol. The molecule has 0 radical (unpaired) electrons. The molecular formula is C31H38BrNSi. The van der Waals surface area contributed by atoms with Crippen LogP contribution in [-0.2, 0) is 0 Å². The second-order valence-electron chi connectivity index (χ2n) is 12.1. The third-order valence-electron chi connectivity index (χ3n) is 10.2. The van der Waals surface area contributed by atoms with Gasteiger partial charge in [0.15, 0.2) is 0 Å². The van der Waals surface area contributed by atoms with Gasteiger partial charge in [-0.3, -0.25) is 0 Å². The summed E-state index contributed by atoms with van der Waals surface area (Å²) in [5.74, 6) is 3.05. The van der Waals surface area contributed by atoms with Crippen LogP contribution in [0.5, 0.6) is 0 Å². The van der Waals surface area contributed by atoms with Crippen molar-refractivity contribution in [3.63, 3.8) is 0 Å². The minimum Gasteiger partial charge on any atom is -0.342 e. The molecule has 34 heavy (non-hydrogen) atoms. The number of nitrogens with zero attached hydrogens (tertiary/aromatic N) is 1. The predicted octanol–water partition coefficient (Wildman–Crippen LogP) is 8.65. The van der Waals surface area contributed by atoms with Crippen molar-refractivity contribution in [1.82, 2.24) is 0 Å². The van der Waals surface area contributed by atoms with Gasteiger partial charge in [0.25, 0.3) is 0 Å². The molecule has 2 saturated carbocycles. The maximum Gasteiger partial charge on any atom is 0.0632 e. The molecule has 2 aromatic carbocycles. The lowest BCUT2D eigenvalue weighted by Gasteiger charge is -2.48. The van der Waals surface area contributed by atoms with E-state index in [1.807, 2.05) is 0 Å². The zero-order valence-electron chi connectivity index (χ0n) is 21.2. The standard InChI is InChI=1S/C31H38BrNSi/c1-19-17-25-26(31(19)34(4,5)28-16-15-22-11-9-10-14-24(22)28)18-27-29(30(25)32)20(2)21(3)33(27)23-12-7-6-8-13-23/h6-16,19,25-31H,17-18H2,1-5H3. The average Bonchev–Trinajstić information content (AvgIpc) is 3.48. The van der Waals surface area contributed by atoms with E-state index in [4.69, 9.17) is 0 Å². The number of rotatable bonds is 3. The summed E-state index contributed by atoms with van der Waals surface area (Å²) >= 11 is 4.34. The lowest BCUT2D eigenvalue weighted by atomic mass is 9.71. The molecule has 178 valence electrons. The maximum atomic E-state index is 4.34. The minimum absolute atomic E-state index is 0.581. The lowest BCUT2D eigenvalue weighted by molar-refractivity contribution is 0.221. The van der Waals surface area contributed by atoms with Crippen LogP contribution in [0.1, 0.15) is 50.3 Å². The summed E-state index contributed by atoms with van der Waals surface area (Å²) in [5, 5.41) is 0. The van der Waals surface area contributed by atoms with Gasteiger partial charge in [0.2, 0.25) is 0 Å². The SMILES string of the molecule is CC1=C(C)N(c2ccccc2)C2CC3C(CC(C)C3[Si](C)(C)C3C=Cc4ccccc43)C(Br)C12. The monoisotopic (exact) mass is 531 g/mol. The number of para-hydroxylation sites is 1. The van der Waals surface area contributed by atoms with Crippen molar-refractivity contribution in [2.24, 2.45) is 23.7 Å². The van der Waals surface area contributed by atoms with Crippen LogP contribution in [0.2, 0.25) is 18.6 Å². The van der Waals surface area contributed by atoms with Crippen LogP contribution >= 0.6 is 15.9 Å². The Morgan fingerprint density at radius 3 is 2.38 bits per heavy atom. The van der Waals surface area contributed by atoms with Crippen molar-refractivity contribution in [3.05, 3.63) is 83.1 Å². The Balaban J connectivity index is 1.37. The van der Waals surface area contributed by atoms with Gasteiger partial charge < -0.3 is 4.90 Å². The fourth-order valence-electron chi connectivity index (χ4n) is 8.87. The summed E-state index contributed by atoms with van der Waals surface area (Å²) in [6.07, 6.45) is 7.70. The highest BCUT2D eigenvalue weighted by Gasteiger charge is 2.59. The Labute approximate surface area is 215 Å². The van der Waals surface area contributed by atoms with E-state index in [-0.39, 0.29) is 0 Å². The quantitative estimate of drug-likeness (QED) is 0.282. The summed E-state index contributed by atoms with van der Waals surface area (Å²) in [7, 11) is -1.61. The summed E-state index contributed by atoms with van der Waals surface area (Å²) in [6.45, 7) is 12.8. The van der Waals surface area contributed by atoms with Gasteiger partial charge >= 0.3 is 0 Å². The molecule has 1 aliphatic heterocycles.